The van der Waals surface area contributed by atoms with Crippen LogP contribution in [0.1, 0.15) is 21.7 Å². The lowest BCUT2D eigenvalue weighted by atomic mass is 10.1. The molecule has 1 N–H and O–H groups in total. The first-order valence-corrected chi connectivity index (χ1v) is 9.11. The molecule has 2 aromatic heterocycles. The number of benzene rings is 2. The fourth-order valence-electron chi connectivity index (χ4n) is 2.48. The Morgan fingerprint density at radius 2 is 1.85 bits per heavy atom. The predicted octanol–water partition coefficient (Wildman–Crippen LogP) is 3.74. The highest BCUT2D eigenvalue weighted by atomic mass is 35.5. The van der Waals surface area contributed by atoms with Gasteiger partial charge in [0, 0.05) is 22.7 Å². The molecule has 0 aliphatic carbocycles. The van der Waals surface area contributed by atoms with Crippen LogP contribution in [0.15, 0.2) is 48.5 Å². The van der Waals surface area contributed by atoms with E-state index in [4.69, 9.17) is 11.6 Å². The summed E-state index contributed by atoms with van der Waals surface area (Å²) >= 11 is 7.33. The van der Waals surface area contributed by atoms with Crippen molar-refractivity contribution in [1.82, 2.24) is 25.1 Å². The number of nitrogens with one attached hydrogen (secondary N) is 1. The van der Waals surface area contributed by atoms with Gasteiger partial charge in [-0.15, -0.1) is 10.2 Å². The summed E-state index contributed by atoms with van der Waals surface area (Å²) in [6.45, 7) is 2.32. The van der Waals surface area contributed by atoms with E-state index in [0.29, 0.717) is 17.1 Å². The van der Waals surface area contributed by atoms with Crippen LogP contribution in [-0.2, 0) is 6.54 Å². The van der Waals surface area contributed by atoms with Crippen molar-refractivity contribution in [3.05, 3.63) is 70.5 Å². The van der Waals surface area contributed by atoms with Crippen molar-refractivity contribution in [3.63, 3.8) is 0 Å². The standard InChI is InChI=1S/C18H14ClN5OS/c1-11-21-22-18-24(11)23-17(26-18)14-4-2-12(3-5-14)10-20-16(25)13-6-8-15(19)9-7-13/h2-9H,10H2,1H3,(H,20,25). The largest absolute Gasteiger partial charge is 0.348 e. The lowest BCUT2D eigenvalue weighted by Crippen LogP contribution is -2.22. The summed E-state index contributed by atoms with van der Waals surface area (Å²) in [4.78, 5) is 12.9. The van der Waals surface area contributed by atoms with Crippen LogP contribution in [0.4, 0.5) is 0 Å². The molecule has 8 heteroatoms. The van der Waals surface area contributed by atoms with Crippen molar-refractivity contribution >= 4 is 33.8 Å². The molecule has 4 aromatic rings. The van der Waals surface area contributed by atoms with Crippen LogP contribution in [-0.4, -0.2) is 25.7 Å². The molecule has 4 rings (SSSR count). The predicted molar refractivity (Wildman–Crippen MR) is 101 cm³/mol. The van der Waals surface area contributed by atoms with Crippen LogP contribution >= 0.6 is 22.9 Å². The molecule has 26 heavy (non-hydrogen) atoms. The van der Waals surface area contributed by atoms with E-state index in [1.165, 1.54) is 11.3 Å². The third-order valence-corrected chi connectivity index (χ3v) is 5.11. The number of aryl methyl sites for hydroxylation is 1. The minimum absolute atomic E-state index is 0.130. The van der Waals surface area contributed by atoms with Gasteiger partial charge in [-0.25, -0.2) is 0 Å². The molecule has 0 bridgehead atoms. The molecule has 0 fully saturated rings. The molecular formula is C18H14ClN5OS. The normalized spacial score (nSPS) is 11.0. The Kier molecular flexibility index (Phi) is 4.40. The van der Waals surface area contributed by atoms with Crippen LogP contribution in [0, 0.1) is 6.92 Å². The summed E-state index contributed by atoms with van der Waals surface area (Å²) in [7, 11) is 0. The maximum Gasteiger partial charge on any atom is 0.251 e. The van der Waals surface area contributed by atoms with Gasteiger partial charge in [0.2, 0.25) is 4.96 Å². The van der Waals surface area contributed by atoms with Crippen molar-refractivity contribution in [2.24, 2.45) is 0 Å². The van der Waals surface area contributed by atoms with E-state index < -0.39 is 0 Å². The van der Waals surface area contributed by atoms with Gasteiger partial charge in [-0.2, -0.15) is 9.61 Å². The highest BCUT2D eigenvalue weighted by molar-refractivity contribution is 7.19. The molecule has 0 spiro atoms. The van der Waals surface area contributed by atoms with Crippen LogP contribution in [0.25, 0.3) is 15.5 Å². The SMILES string of the molecule is Cc1nnc2sc(-c3ccc(CNC(=O)c4ccc(Cl)cc4)cc3)nn12. The van der Waals surface area contributed by atoms with Gasteiger partial charge in [-0.05, 0) is 36.8 Å². The van der Waals surface area contributed by atoms with Gasteiger partial charge in [0.15, 0.2) is 5.82 Å². The zero-order valence-electron chi connectivity index (χ0n) is 13.8. The Hall–Kier alpha value is -2.77. The Morgan fingerprint density at radius 1 is 1.12 bits per heavy atom. The Balaban J connectivity index is 1.44. The monoisotopic (exact) mass is 383 g/mol. The van der Waals surface area contributed by atoms with Gasteiger partial charge >= 0.3 is 0 Å². The molecule has 0 aliphatic heterocycles. The molecule has 0 saturated heterocycles. The first kappa shape index (κ1) is 16.7. The number of hydrogen-bond donors (Lipinski definition) is 1. The number of aromatic nitrogens is 4. The second-order valence-electron chi connectivity index (χ2n) is 5.74. The van der Waals surface area contributed by atoms with E-state index in [2.05, 4.69) is 20.6 Å². The summed E-state index contributed by atoms with van der Waals surface area (Å²) in [6.07, 6.45) is 0. The molecule has 0 radical (unpaired) electrons. The zero-order valence-corrected chi connectivity index (χ0v) is 15.4. The molecule has 0 saturated carbocycles. The summed E-state index contributed by atoms with van der Waals surface area (Å²) in [5, 5.41) is 17.0. The van der Waals surface area contributed by atoms with Crippen molar-refractivity contribution in [2.75, 3.05) is 0 Å². The smallest absolute Gasteiger partial charge is 0.251 e. The average Bonchev–Trinajstić information content (AvgIpc) is 3.23. The molecule has 0 unspecified atom stereocenters. The van der Waals surface area contributed by atoms with Crippen LogP contribution in [0.5, 0.6) is 0 Å². The van der Waals surface area contributed by atoms with Gasteiger partial charge < -0.3 is 5.32 Å². The Morgan fingerprint density at radius 3 is 2.54 bits per heavy atom. The second-order valence-corrected chi connectivity index (χ2v) is 7.13. The maximum absolute atomic E-state index is 12.1. The number of hydrogen-bond acceptors (Lipinski definition) is 5. The molecule has 130 valence electrons. The Labute approximate surface area is 158 Å². The fourth-order valence-corrected chi connectivity index (χ4v) is 3.50. The minimum atomic E-state index is -0.130. The van der Waals surface area contributed by atoms with Crippen LogP contribution in [0.3, 0.4) is 0 Å². The molecule has 6 nitrogen and oxygen atoms in total. The average molecular weight is 384 g/mol. The lowest BCUT2D eigenvalue weighted by Gasteiger charge is -2.06. The third kappa shape index (κ3) is 3.31. The highest BCUT2D eigenvalue weighted by Gasteiger charge is 2.10. The number of rotatable bonds is 4. The Bertz CT molecular complexity index is 1070. The number of fused-ring (bicyclic) bond motifs is 1. The third-order valence-electron chi connectivity index (χ3n) is 3.91. The van der Waals surface area contributed by atoms with Gasteiger partial charge in [0.1, 0.15) is 5.01 Å². The molecule has 0 atom stereocenters. The topological polar surface area (TPSA) is 72.2 Å². The van der Waals surface area contributed by atoms with Gasteiger partial charge in [0.25, 0.3) is 5.91 Å². The maximum atomic E-state index is 12.1. The fraction of sp³-hybridized carbons (Fsp3) is 0.111. The molecule has 0 aliphatic rings. The minimum Gasteiger partial charge on any atom is -0.348 e. The van der Waals surface area contributed by atoms with Crippen molar-refractivity contribution in [1.29, 1.82) is 0 Å². The number of nitrogens with zero attached hydrogens (tertiary/aromatic N) is 4. The molecular weight excluding hydrogens is 370 g/mol. The van der Waals surface area contributed by atoms with E-state index in [1.54, 1.807) is 28.8 Å². The van der Waals surface area contributed by atoms with Gasteiger partial charge in [0.05, 0.1) is 0 Å². The highest BCUT2D eigenvalue weighted by Crippen LogP contribution is 2.25. The van der Waals surface area contributed by atoms with Crippen molar-refractivity contribution < 1.29 is 4.79 Å². The summed E-state index contributed by atoms with van der Waals surface area (Å²) in [5.41, 5.74) is 2.60. The summed E-state index contributed by atoms with van der Waals surface area (Å²) < 4.78 is 1.74. The van der Waals surface area contributed by atoms with Gasteiger partial charge in [-0.1, -0.05) is 47.2 Å². The quantitative estimate of drug-likeness (QED) is 0.582. The summed E-state index contributed by atoms with van der Waals surface area (Å²) in [6, 6.07) is 14.8. The first-order chi connectivity index (χ1) is 12.6. The van der Waals surface area contributed by atoms with E-state index in [9.17, 15) is 4.79 Å². The van der Waals surface area contributed by atoms with Gasteiger partial charge in [-0.3, -0.25) is 4.79 Å². The van der Waals surface area contributed by atoms with E-state index in [0.717, 1.165) is 26.9 Å². The first-order valence-electron chi connectivity index (χ1n) is 7.92. The van der Waals surface area contributed by atoms with Crippen LogP contribution in [0.2, 0.25) is 5.02 Å². The van der Waals surface area contributed by atoms with Crippen LogP contribution < -0.4 is 5.32 Å². The van der Waals surface area contributed by atoms with E-state index in [-0.39, 0.29) is 5.91 Å². The number of amides is 1. The van der Waals surface area contributed by atoms with Crippen molar-refractivity contribution in [3.8, 4) is 10.6 Å². The number of halogens is 1. The van der Waals surface area contributed by atoms with E-state index in [1.807, 2.05) is 31.2 Å². The molecule has 2 heterocycles. The summed E-state index contributed by atoms with van der Waals surface area (Å²) in [5.74, 6) is 0.638. The molecule has 1 amide bonds. The van der Waals surface area contributed by atoms with E-state index >= 15 is 0 Å². The second kappa shape index (κ2) is 6.86. The zero-order chi connectivity index (χ0) is 18.1. The number of carbonyl (C=O) groups is 1. The number of carbonyl (C=O) groups excluding carboxylic acids is 1. The van der Waals surface area contributed by atoms with Crippen molar-refractivity contribution in [2.45, 2.75) is 13.5 Å². The lowest BCUT2D eigenvalue weighted by molar-refractivity contribution is 0.0951. The molecule has 2 aromatic carbocycles.